The molecular formula is C23H24N2O5S. The largest absolute Gasteiger partial charge is 0.490 e. The second-order valence-electron chi connectivity index (χ2n) is 6.99. The molecule has 0 bridgehead atoms. The van der Waals surface area contributed by atoms with Crippen molar-refractivity contribution in [3.63, 3.8) is 0 Å². The Bertz CT molecular complexity index is 1000. The van der Waals surface area contributed by atoms with E-state index in [9.17, 15) is 14.4 Å². The van der Waals surface area contributed by atoms with Crippen LogP contribution in [-0.4, -0.2) is 41.2 Å². The molecule has 1 saturated heterocycles. The van der Waals surface area contributed by atoms with Crippen molar-refractivity contribution in [2.45, 2.75) is 26.9 Å². The zero-order chi connectivity index (χ0) is 22.4. The average molecular weight is 441 g/mol. The summed E-state index contributed by atoms with van der Waals surface area (Å²) in [6.45, 7) is 5.84. The van der Waals surface area contributed by atoms with Gasteiger partial charge in [-0.25, -0.2) is 0 Å². The van der Waals surface area contributed by atoms with Crippen LogP contribution in [0.3, 0.4) is 0 Å². The molecule has 1 aliphatic rings. The molecule has 1 fully saturated rings. The Morgan fingerprint density at radius 1 is 1.13 bits per heavy atom. The molecule has 3 rings (SSSR count). The van der Waals surface area contributed by atoms with Crippen LogP contribution in [0.5, 0.6) is 11.5 Å². The van der Waals surface area contributed by atoms with Crippen molar-refractivity contribution in [1.29, 1.82) is 0 Å². The third-order valence-corrected chi connectivity index (χ3v) is 5.07. The fraction of sp³-hybridized carbons (Fsp3) is 0.261. The number of hydrogen-bond donors (Lipinski definition) is 1. The summed E-state index contributed by atoms with van der Waals surface area (Å²) in [6.07, 6.45) is 1.60. The number of thioether (sulfide) groups is 1. The lowest BCUT2D eigenvalue weighted by Crippen LogP contribution is -2.36. The highest BCUT2D eigenvalue weighted by Crippen LogP contribution is 2.35. The maximum Gasteiger partial charge on any atom is 0.294 e. The van der Waals surface area contributed by atoms with Crippen molar-refractivity contribution in [3.8, 4) is 11.5 Å². The Balaban J connectivity index is 1.73. The summed E-state index contributed by atoms with van der Waals surface area (Å²) in [6, 6.07) is 14.2. The van der Waals surface area contributed by atoms with Gasteiger partial charge in [0.2, 0.25) is 5.91 Å². The van der Waals surface area contributed by atoms with E-state index in [-0.39, 0.29) is 17.6 Å². The molecular weight excluding hydrogens is 416 g/mol. The maximum absolute atomic E-state index is 12.7. The second-order valence-corrected chi connectivity index (χ2v) is 7.98. The summed E-state index contributed by atoms with van der Waals surface area (Å²) in [5.41, 5.74) is 1.29. The fourth-order valence-corrected chi connectivity index (χ4v) is 3.73. The molecule has 162 valence electrons. The number of rotatable bonds is 8. The fourth-order valence-electron chi connectivity index (χ4n) is 2.89. The highest BCUT2D eigenvalue weighted by atomic mass is 32.2. The Hall–Kier alpha value is -3.26. The Morgan fingerprint density at radius 3 is 2.55 bits per heavy atom. The molecule has 1 aliphatic heterocycles. The predicted octanol–water partition coefficient (Wildman–Crippen LogP) is 4.55. The third kappa shape index (κ3) is 5.88. The van der Waals surface area contributed by atoms with Gasteiger partial charge in [-0.05, 0) is 68.4 Å². The lowest BCUT2D eigenvalue weighted by molar-refractivity contribution is -0.127. The standard InChI is InChI=1S/C23H24N2O5S/c1-4-29-19-12-16(10-11-18(19)30-15(2)3)13-20-22(27)25(23(28)31-20)14-21(26)24-17-8-6-5-7-9-17/h5-13,15H,4,14H2,1-3H3,(H,24,26)/b20-13+. The zero-order valence-electron chi connectivity index (χ0n) is 17.6. The summed E-state index contributed by atoms with van der Waals surface area (Å²) in [4.78, 5) is 38.5. The van der Waals surface area contributed by atoms with E-state index >= 15 is 0 Å². The minimum atomic E-state index is -0.501. The number of benzene rings is 2. The summed E-state index contributed by atoms with van der Waals surface area (Å²) < 4.78 is 11.4. The third-order valence-electron chi connectivity index (χ3n) is 4.16. The van der Waals surface area contributed by atoms with Crippen molar-refractivity contribution < 1.29 is 23.9 Å². The first-order chi connectivity index (χ1) is 14.9. The first kappa shape index (κ1) is 22.4. The molecule has 8 heteroatoms. The van der Waals surface area contributed by atoms with Gasteiger partial charge in [-0.1, -0.05) is 24.3 Å². The van der Waals surface area contributed by atoms with Crippen LogP contribution in [0.2, 0.25) is 0 Å². The van der Waals surface area contributed by atoms with Crippen LogP contribution in [0, 0.1) is 0 Å². The molecule has 0 aliphatic carbocycles. The SMILES string of the molecule is CCOc1cc(/C=C2/SC(=O)N(CC(=O)Nc3ccccc3)C2=O)ccc1OC(C)C. The normalized spacial score (nSPS) is 15.0. The van der Waals surface area contributed by atoms with Gasteiger partial charge in [-0.3, -0.25) is 19.3 Å². The van der Waals surface area contributed by atoms with Gasteiger partial charge in [0.1, 0.15) is 6.54 Å². The number of nitrogens with zero attached hydrogens (tertiary/aromatic N) is 1. The van der Waals surface area contributed by atoms with E-state index in [2.05, 4.69) is 5.32 Å². The van der Waals surface area contributed by atoms with E-state index in [1.54, 1.807) is 48.5 Å². The molecule has 0 saturated carbocycles. The predicted molar refractivity (Wildman–Crippen MR) is 121 cm³/mol. The highest BCUT2D eigenvalue weighted by Gasteiger charge is 2.36. The number of ether oxygens (including phenoxy) is 2. The van der Waals surface area contributed by atoms with E-state index in [0.717, 1.165) is 16.7 Å². The van der Waals surface area contributed by atoms with E-state index in [1.165, 1.54) is 0 Å². The van der Waals surface area contributed by atoms with Crippen molar-refractivity contribution in [2.24, 2.45) is 0 Å². The van der Waals surface area contributed by atoms with E-state index in [0.29, 0.717) is 29.4 Å². The van der Waals surface area contributed by atoms with Gasteiger partial charge in [-0.2, -0.15) is 0 Å². The van der Waals surface area contributed by atoms with Crippen LogP contribution < -0.4 is 14.8 Å². The Kier molecular flexibility index (Phi) is 7.36. The smallest absolute Gasteiger partial charge is 0.294 e. The van der Waals surface area contributed by atoms with Crippen LogP contribution in [0.4, 0.5) is 10.5 Å². The van der Waals surface area contributed by atoms with Gasteiger partial charge in [0.15, 0.2) is 11.5 Å². The molecule has 0 unspecified atom stereocenters. The van der Waals surface area contributed by atoms with Gasteiger partial charge >= 0.3 is 0 Å². The minimum absolute atomic E-state index is 0.0106. The van der Waals surface area contributed by atoms with Gasteiger partial charge < -0.3 is 14.8 Å². The zero-order valence-corrected chi connectivity index (χ0v) is 18.4. The van der Waals surface area contributed by atoms with Gasteiger partial charge in [0.25, 0.3) is 11.1 Å². The molecule has 1 heterocycles. The molecule has 0 aromatic heterocycles. The quantitative estimate of drug-likeness (QED) is 0.607. The van der Waals surface area contributed by atoms with Gasteiger partial charge in [-0.15, -0.1) is 0 Å². The molecule has 2 aromatic rings. The van der Waals surface area contributed by atoms with Crippen molar-refractivity contribution >= 4 is 40.6 Å². The van der Waals surface area contributed by atoms with E-state index < -0.39 is 17.1 Å². The van der Waals surface area contributed by atoms with Gasteiger partial charge in [0, 0.05) is 5.69 Å². The molecule has 31 heavy (non-hydrogen) atoms. The highest BCUT2D eigenvalue weighted by molar-refractivity contribution is 8.18. The number of nitrogens with one attached hydrogen (secondary N) is 1. The van der Waals surface area contributed by atoms with Crippen LogP contribution in [-0.2, 0) is 9.59 Å². The number of hydrogen-bond acceptors (Lipinski definition) is 6. The molecule has 7 nitrogen and oxygen atoms in total. The number of carbonyl (C=O) groups excluding carboxylic acids is 3. The number of para-hydroxylation sites is 1. The van der Waals surface area contributed by atoms with Crippen molar-refractivity contribution in [2.75, 3.05) is 18.5 Å². The number of carbonyl (C=O) groups is 3. The first-order valence-corrected chi connectivity index (χ1v) is 10.7. The molecule has 3 amide bonds. The topological polar surface area (TPSA) is 84.9 Å². The van der Waals surface area contributed by atoms with Crippen LogP contribution in [0.15, 0.2) is 53.4 Å². The number of anilines is 1. The molecule has 1 N–H and O–H groups in total. The number of amides is 3. The van der Waals surface area contributed by atoms with Crippen LogP contribution >= 0.6 is 11.8 Å². The lowest BCUT2D eigenvalue weighted by atomic mass is 10.1. The maximum atomic E-state index is 12.7. The average Bonchev–Trinajstić information content (AvgIpc) is 2.98. The Morgan fingerprint density at radius 2 is 1.87 bits per heavy atom. The van der Waals surface area contributed by atoms with Crippen molar-refractivity contribution in [1.82, 2.24) is 4.90 Å². The molecule has 2 aromatic carbocycles. The van der Waals surface area contributed by atoms with Crippen molar-refractivity contribution in [3.05, 3.63) is 59.0 Å². The first-order valence-electron chi connectivity index (χ1n) is 9.91. The second kappa shape index (κ2) is 10.2. The molecule has 0 atom stereocenters. The summed E-state index contributed by atoms with van der Waals surface area (Å²) in [5, 5.41) is 2.19. The lowest BCUT2D eigenvalue weighted by Gasteiger charge is -2.15. The molecule has 0 radical (unpaired) electrons. The summed E-state index contributed by atoms with van der Waals surface area (Å²) in [5.74, 6) is 0.230. The molecule has 0 spiro atoms. The van der Waals surface area contributed by atoms with E-state index in [4.69, 9.17) is 9.47 Å². The summed E-state index contributed by atoms with van der Waals surface area (Å²) >= 11 is 0.805. The Labute approximate surface area is 185 Å². The van der Waals surface area contributed by atoms with E-state index in [1.807, 2.05) is 26.8 Å². The van der Waals surface area contributed by atoms with Gasteiger partial charge in [0.05, 0.1) is 17.6 Å². The van der Waals surface area contributed by atoms with Crippen LogP contribution in [0.25, 0.3) is 6.08 Å². The number of imide groups is 1. The monoisotopic (exact) mass is 440 g/mol. The minimum Gasteiger partial charge on any atom is -0.490 e. The van der Waals surface area contributed by atoms with Crippen LogP contribution in [0.1, 0.15) is 26.3 Å². The summed E-state index contributed by atoms with van der Waals surface area (Å²) in [7, 11) is 0.